The largest absolute Gasteiger partial charge is 0.449 e. The Labute approximate surface area is 171 Å². The Morgan fingerprint density at radius 1 is 0.900 bits per heavy atom. The van der Waals surface area contributed by atoms with Crippen molar-refractivity contribution in [3.63, 3.8) is 0 Å². The molecule has 1 aromatic heterocycles. The molecule has 158 valence electrons. The zero-order valence-electron chi connectivity index (χ0n) is 16.3. The maximum Gasteiger partial charge on any atom is 0.412 e. The molecular formula is C20H22N4O6. The fraction of sp³-hybridized carbons (Fsp3) is 0.250. The minimum Gasteiger partial charge on any atom is -0.449 e. The molecule has 0 spiro atoms. The van der Waals surface area contributed by atoms with Crippen LogP contribution >= 0.6 is 0 Å². The topological polar surface area (TPSA) is 159 Å². The lowest BCUT2D eigenvalue weighted by Crippen LogP contribution is -2.32. The number of benzene rings is 2. The van der Waals surface area contributed by atoms with Gasteiger partial charge in [0, 0.05) is 43.9 Å². The first-order valence-corrected chi connectivity index (χ1v) is 9.27. The van der Waals surface area contributed by atoms with Crippen molar-refractivity contribution in [2.45, 2.75) is 6.92 Å². The molecule has 2 amide bonds. The van der Waals surface area contributed by atoms with E-state index >= 15 is 0 Å². The summed E-state index contributed by atoms with van der Waals surface area (Å²) in [5.74, 6) is -0.0505. The van der Waals surface area contributed by atoms with Crippen LogP contribution in [-0.2, 0) is 0 Å². The van der Waals surface area contributed by atoms with Gasteiger partial charge in [-0.25, -0.2) is 9.59 Å². The second-order valence-electron chi connectivity index (χ2n) is 6.32. The van der Waals surface area contributed by atoms with E-state index in [0.29, 0.717) is 16.2 Å². The highest BCUT2D eigenvalue weighted by atomic mass is 16.6. The van der Waals surface area contributed by atoms with Gasteiger partial charge in [0.05, 0.1) is 5.39 Å². The minimum absolute atomic E-state index is 0.0275. The third kappa shape index (κ3) is 4.34. The molecule has 0 saturated heterocycles. The molecule has 0 radical (unpaired) electrons. The third-order valence-electron chi connectivity index (χ3n) is 4.16. The van der Waals surface area contributed by atoms with Gasteiger partial charge >= 0.3 is 12.2 Å². The molecule has 0 fully saturated rings. The van der Waals surface area contributed by atoms with Crippen LogP contribution < -0.4 is 31.6 Å². The first kappa shape index (κ1) is 21.1. The summed E-state index contributed by atoms with van der Waals surface area (Å²) in [6, 6.07) is 8.29. The van der Waals surface area contributed by atoms with Crippen molar-refractivity contribution in [3.8, 4) is 11.5 Å². The van der Waals surface area contributed by atoms with Gasteiger partial charge in [-0.3, -0.25) is 4.79 Å². The van der Waals surface area contributed by atoms with Crippen LogP contribution in [0.25, 0.3) is 21.7 Å². The van der Waals surface area contributed by atoms with Crippen molar-refractivity contribution >= 4 is 39.7 Å². The molecule has 0 atom stereocenters. The lowest BCUT2D eigenvalue weighted by atomic mass is 10.1. The summed E-state index contributed by atoms with van der Waals surface area (Å²) in [5.41, 5.74) is 10.9. The third-order valence-corrected chi connectivity index (χ3v) is 4.16. The van der Waals surface area contributed by atoms with Gasteiger partial charge in [-0.15, -0.1) is 0 Å². The van der Waals surface area contributed by atoms with Crippen LogP contribution in [-0.4, -0.2) is 44.1 Å². The Morgan fingerprint density at radius 2 is 1.43 bits per heavy atom. The maximum atomic E-state index is 12.2. The van der Waals surface area contributed by atoms with Crippen molar-refractivity contribution in [2.24, 2.45) is 11.5 Å². The average molecular weight is 414 g/mol. The van der Waals surface area contributed by atoms with E-state index in [1.807, 2.05) is 0 Å². The molecule has 0 aliphatic rings. The molecule has 0 unspecified atom stereocenters. The zero-order valence-corrected chi connectivity index (χ0v) is 16.3. The molecule has 10 nitrogen and oxygen atoms in total. The Morgan fingerprint density at radius 3 is 1.97 bits per heavy atom. The summed E-state index contributed by atoms with van der Waals surface area (Å²) < 4.78 is 16.7. The molecule has 3 aromatic rings. The van der Waals surface area contributed by atoms with Crippen LogP contribution in [0, 0.1) is 0 Å². The number of Topliss-reactive ketones (excluding diaryl/α,β-unsaturated/α-hetero) is 1. The lowest BCUT2D eigenvalue weighted by Gasteiger charge is -2.14. The van der Waals surface area contributed by atoms with E-state index in [2.05, 4.69) is 10.6 Å². The molecule has 0 aliphatic carbocycles. The smallest absolute Gasteiger partial charge is 0.412 e. The van der Waals surface area contributed by atoms with Crippen LogP contribution in [0.4, 0.5) is 9.59 Å². The number of carbonyl (C=O) groups is 3. The molecule has 1 heterocycles. The maximum absolute atomic E-state index is 12.2. The monoisotopic (exact) mass is 414 g/mol. The zero-order chi connectivity index (χ0) is 21.7. The highest BCUT2D eigenvalue weighted by Crippen LogP contribution is 2.44. The highest BCUT2D eigenvalue weighted by molar-refractivity contribution is 6.12. The van der Waals surface area contributed by atoms with Crippen LogP contribution in [0.1, 0.15) is 17.5 Å². The Balaban J connectivity index is 2.20. The molecule has 0 bridgehead atoms. The van der Waals surface area contributed by atoms with Gasteiger partial charge in [-0.1, -0.05) is 24.3 Å². The van der Waals surface area contributed by atoms with Gasteiger partial charge in [0.1, 0.15) is 0 Å². The number of carbonyl (C=O) groups excluding carboxylic acids is 3. The fourth-order valence-electron chi connectivity index (χ4n) is 2.87. The normalized spacial score (nSPS) is 10.8. The fourth-order valence-corrected chi connectivity index (χ4v) is 2.87. The molecule has 6 N–H and O–H groups in total. The predicted octanol–water partition coefficient (Wildman–Crippen LogP) is 1.88. The van der Waals surface area contributed by atoms with E-state index in [1.165, 1.54) is 13.0 Å². The van der Waals surface area contributed by atoms with Gasteiger partial charge < -0.3 is 36.0 Å². The van der Waals surface area contributed by atoms with E-state index in [-0.39, 0.29) is 54.8 Å². The van der Waals surface area contributed by atoms with Crippen molar-refractivity contribution in [2.75, 3.05) is 26.2 Å². The number of fused-ring (bicyclic) bond motifs is 2. The van der Waals surface area contributed by atoms with Gasteiger partial charge in [0.25, 0.3) is 0 Å². The van der Waals surface area contributed by atoms with E-state index < -0.39 is 12.2 Å². The summed E-state index contributed by atoms with van der Waals surface area (Å²) in [6.07, 6.45) is -1.45. The second-order valence-corrected chi connectivity index (χ2v) is 6.32. The molecule has 10 heteroatoms. The summed E-state index contributed by atoms with van der Waals surface area (Å²) in [5, 5.41) is 6.28. The summed E-state index contributed by atoms with van der Waals surface area (Å²) in [6.45, 7) is 2.27. The first-order chi connectivity index (χ1) is 14.5. The van der Waals surface area contributed by atoms with Crippen molar-refractivity contribution < 1.29 is 28.3 Å². The molecule has 0 aliphatic heterocycles. The highest BCUT2D eigenvalue weighted by Gasteiger charge is 2.24. The number of amides is 2. The Bertz CT molecular complexity index is 1030. The number of furan rings is 1. The summed E-state index contributed by atoms with van der Waals surface area (Å²) >= 11 is 0. The van der Waals surface area contributed by atoms with E-state index in [4.69, 9.17) is 25.4 Å². The number of ketones is 1. The Hall–Kier alpha value is -3.63. The molecule has 3 rings (SSSR count). The number of hydrogen-bond acceptors (Lipinski definition) is 8. The molecule has 30 heavy (non-hydrogen) atoms. The molecular weight excluding hydrogens is 392 g/mol. The number of ether oxygens (including phenoxy) is 2. The van der Waals surface area contributed by atoms with E-state index in [0.717, 1.165) is 0 Å². The van der Waals surface area contributed by atoms with Gasteiger partial charge in [0.2, 0.25) is 0 Å². The number of rotatable bonds is 7. The van der Waals surface area contributed by atoms with Crippen LogP contribution in [0.2, 0.25) is 0 Å². The quantitative estimate of drug-likeness (QED) is 0.427. The van der Waals surface area contributed by atoms with Gasteiger partial charge in [0.15, 0.2) is 28.6 Å². The Kier molecular flexibility index (Phi) is 6.50. The first-order valence-electron chi connectivity index (χ1n) is 9.27. The van der Waals surface area contributed by atoms with Crippen LogP contribution in [0.15, 0.2) is 34.7 Å². The predicted molar refractivity (Wildman–Crippen MR) is 110 cm³/mol. The van der Waals surface area contributed by atoms with Crippen molar-refractivity contribution in [3.05, 3.63) is 36.1 Å². The van der Waals surface area contributed by atoms with E-state index in [1.54, 1.807) is 24.3 Å². The van der Waals surface area contributed by atoms with Crippen LogP contribution in [0.5, 0.6) is 11.5 Å². The molecule has 2 aromatic carbocycles. The number of nitrogens with two attached hydrogens (primary N) is 2. The van der Waals surface area contributed by atoms with E-state index in [9.17, 15) is 14.4 Å². The SMILES string of the molecule is CC(=O)c1cc2c(OC(=O)NCCN)c3ccccc3c(OC(=O)NCCN)c2o1. The number of nitrogens with one attached hydrogen (secondary N) is 2. The minimum atomic E-state index is -0.734. The van der Waals surface area contributed by atoms with Crippen molar-refractivity contribution in [1.82, 2.24) is 10.6 Å². The standard InChI is InChI=1S/C20H22N4O6/c1-11(25)15-10-14-16(29-19(26)23-8-6-21)12-4-2-3-5-13(12)17(18(14)28-15)30-20(27)24-9-7-22/h2-5,10H,6-9,21-22H2,1H3,(H,23,26)(H,24,27). The van der Waals surface area contributed by atoms with Crippen molar-refractivity contribution in [1.29, 1.82) is 0 Å². The second kappa shape index (κ2) is 9.25. The summed E-state index contributed by atoms with van der Waals surface area (Å²) in [4.78, 5) is 36.3. The molecule has 0 saturated carbocycles. The lowest BCUT2D eigenvalue weighted by molar-refractivity contribution is 0.0989. The summed E-state index contributed by atoms with van der Waals surface area (Å²) in [7, 11) is 0. The van der Waals surface area contributed by atoms with Crippen LogP contribution in [0.3, 0.4) is 0 Å². The average Bonchev–Trinajstić information content (AvgIpc) is 3.18. The number of hydrogen-bond donors (Lipinski definition) is 4. The van der Waals surface area contributed by atoms with Gasteiger partial charge in [-0.2, -0.15) is 0 Å². The van der Waals surface area contributed by atoms with Gasteiger partial charge in [-0.05, 0) is 6.07 Å².